The molecule has 162 valence electrons. The molecule has 3 N–H and O–H groups in total. The molecule has 1 aliphatic heterocycles. The Morgan fingerprint density at radius 1 is 1.00 bits per heavy atom. The highest BCUT2D eigenvalue weighted by molar-refractivity contribution is 7.90. The maximum Gasteiger partial charge on any atom is 0.285 e. The number of fused-ring (bicyclic) bond motifs is 1. The molecule has 8 nitrogen and oxygen atoms in total. The third-order valence-corrected chi connectivity index (χ3v) is 6.73. The molecule has 0 bridgehead atoms. The van der Waals surface area contributed by atoms with Crippen molar-refractivity contribution in [2.45, 2.75) is 43.0 Å². The van der Waals surface area contributed by atoms with E-state index in [4.69, 9.17) is 0 Å². The summed E-state index contributed by atoms with van der Waals surface area (Å²) in [5.41, 5.74) is 1.57. The molecule has 2 amide bonds. The molecule has 2 aliphatic rings. The number of benzene rings is 2. The molecule has 1 heterocycles. The van der Waals surface area contributed by atoms with E-state index in [9.17, 15) is 18.0 Å². The van der Waals surface area contributed by atoms with Gasteiger partial charge in [-0.2, -0.15) is 8.42 Å². The molecule has 0 radical (unpaired) electrons. The van der Waals surface area contributed by atoms with E-state index in [0.717, 1.165) is 25.7 Å². The van der Waals surface area contributed by atoms with E-state index < -0.39 is 10.0 Å². The predicted molar refractivity (Wildman–Crippen MR) is 118 cm³/mol. The highest BCUT2D eigenvalue weighted by Gasteiger charge is 2.28. The van der Waals surface area contributed by atoms with Crippen molar-refractivity contribution in [1.82, 2.24) is 10.6 Å². The summed E-state index contributed by atoms with van der Waals surface area (Å²) in [6.45, 7) is 0.267. The van der Waals surface area contributed by atoms with Gasteiger partial charge in [0.05, 0.1) is 0 Å². The third-order valence-electron chi connectivity index (χ3n) is 5.40. The van der Waals surface area contributed by atoms with Gasteiger partial charge in [-0.25, -0.2) is 0 Å². The number of rotatable bonds is 6. The Morgan fingerprint density at radius 3 is 2.45 bits per heavy atom. The van der Waals surface area contributed by atoms with Gasteiger partial charge in [-0.15, -0.1) is 4.40 Å². The minimum atomic E-state index is -3.69. The fourth-order valence-electron chi connectivity index (χ4n) is 3.80. The number of hydrogen-bond donors (Lipinski definition) is 3. The average molecular weight is 441 g/mol. The lowest BCUT2D eigenvalue weighted by atomic mass is 10.1. The summed E-state index contributed by atoms with van der Waals surface area (Å²) in [4.78, 5) is 24.4. The summed E-state index contributed by atoms with van der Waals surface area (Å²) < 4.78 is 28.1. The van der Waals surface area contributed by atoms with Gasteiger partial charge in [0.15, 0.2) is 5.84 Å². The van der Waals surface area contributed by atoms with Crippen LogP contribution in [0.5, 0.6) is 0 Å². The number of amides is 2. The van der Waals surface area contributed by atoms with E-state index in [2.05, 4.69) is 20.3 Å². The molecule has 1 fully saturated rings. The normalized spacial score (nSPS) is 17.0. The van der Waals surface area contributed by atoms with Crippen LogP contribution < -0.4 is 16.0 Å². The Bertz CT molecular complexity index is 1120. The molecule has 0 aromatic heterocycles. The summed E-state index contributed by atoms with van der Waals surface area (Å²) in [5.74, 6) is -0.0632. The molecule has 0 unspecified atom stereocenters. The predicted octanol–water partition coefficient (Wildman–Crippen LogP) is 2.43. The van der Waals surface area contributed by atoms with Gasteiger partial charge in [-0.3, -0.25) is 9.59 Å². The zero-order valence-electron chi connectivity index (χ0n) is 16.9. The van der Waals surface area contributed by atoms with Gasteiger partial charge in [0.1, 0.15) is 4.90 Å². The van der Waals surface area contributed by atoms with Crippen LogP contribution in [0, 0.1) is 0 Å². The van der Waals surface area contributed by atoms with Crippen LogP contribution in [0.2, 0.25) is 0 Å². The fraction of sp³-hybridized carbons (Fsp3) is 0.318. The van der Waals surface area contributed by atoms with Crippen LogP contribution in [-0.4, -0.2) is 38.7 Å². The van der Waals surface area contributed by atoms with Gasteiger partial charge in [0.2, 0.25) is 5.91 Å². The molecular formula is C22H24N4O4S. The van der Waals surface area contributed by atoms with Crippen molar-refractivity contribution >= 4 is 33.4 Å². The van der Waals surface area contributed by atoms with Gasteiger partial charge in [-0.05, 0) is 49.2 Å². The van der Waals surface area contributed by atoms with Crippen LogP contribution in [-0.2, 0) is 14.8 Å². The molecule has 4 rings (SSSR count). The van der Waals surface area contributed by atoms with Gasteiger partial charge >= 0.3 is 0 Å². The molecule has 2 aromatic rings. The number of nitrogens with zero attached hydrogens (tertiary/aromatic N) is 1. The molecule has 9 heteroatoms. The summed E-state index contributed by atoms with van der Waals surface area (Å²) in [6.07, 6.45) is 4.62. The maximum atomic E-state index is 12.3. The molecule has 0 atom stereocenters. The van der Waals surface area contributed by atoms with Gasteiger partial charge in [0.25, 0.3) is 15.9 Å². The summed E-state index contributed by atoms with van der Waals surface area (Å²) in [6, 6.07) is 13.5. The van der Waals surface area contributed by atoms with Crippen molar-refractivity contribution in [3.05, 3.63) is 59.7 Å². The minimum Gasteiger partial charge on any atom is -0.353 e. The number of nitrogens with one attached hydrogen (secondary N) is 3. The smallest absolute Gasteiger partial charge is 0.285 e. The van der Waals surface area contributed by atoms with E-state index in [1.54, 1.807) is 42.5 Å². The van der Waals surface area contributed by atoms with Crippen LogP contribution in [0.4, 0.5) is 5.69 Å². The number of carbonyl (C=O) groups is 2. The van der Waals surface area contributed by atoms with Gasteiger partial charge < -0.3 is 16.0 Å². The van der Waals surface area contributed by atoms with Crippen molar-refractivity contribution in [2.24, 2.45) is 4.40 Å². The maximum absolute atomic E-state index is 12.3. The summed E-state index contributed by atoms with van der Waals surface area (Å²) >= 11 is 0. The van der Waals surface area contributed by atoms with E-state index in [1.165, 1.54) is 6.07 Å². The van der Waals surface area contributed by atoms with Crippen LogP contribution in [0.15, 0.2) is 57.8 Å². The van der Waals surface area contributed by atoms with Crippen LogP contribution >= 0.6 is 0 Å². The lowest BCUT2D eigenvalue weighted by Crippen LogP contribution is -2.35. The Balaban J connectivity index is 1.30. The zero-order valence-corrected chi connectivity index (χ0v) is 17.7. The highest BCUT2D eigenvalue weighted by atomic mass is 32.2. The van der Waals surface area contributed by atoms with Crippen molar-refractivity contribution in [1.29, 1.82) is 0 Å². The van der Waals surface area contributed by atoms with Crippen molar-refractivity contribution in [2.75, 3.05) is 11.9 Å². The van der Waals surface area contributed by atoms with Gasteiger partial charge in [0, 0.05) is 35.8 Å². The number of sulfonamides is 1. The molecular weight excluding hydrogens is 416 g/mol. The highest BCUT2D eigenvalue weighted by Crippen LogP contribution is 2.26. The van der Waals surface area contributed by atoms with Crippen molar-refractivity contribution in [3.8, 4) is 0 Å². The lowest BCUT2D eigenvalue weighted by Gasteiger charge is -2.12. The topological polar surface area (TPSA) is 117 Å². The van der Waals surface area contributed by atoms with Crippen LogP contribution in [0.1, 0.15) is 48.0 Å². The second-order valence-electron chi connectivity index (χ2n) is 7.67. The molecule has 31 heavy (non-hydrogen) atoms. The second kappa shape index (κ2) is 8.89. The Hall–Kier alpha value is -3.20. The first-order valence-electron chi connectivity index (χ1n) is 10.3. The Kier molecular flexibility index (Phi) is 6.03. The second-order valence-corrected chi connectivity index (χ2v) is 9.24. The number of carbonyl (C=O) groups excluding carboxylic acids is 2. The monoisotopic (exact) mass is 440 g/mol. The van der Waals surface area contributed by atoms with E-state index in [-0.39, 0.29) is 41.6 Å². The van der Waals surface area contributed by atoms with E-state index >= 15 is 0 Å². The van der Waals surface area contributed by atoms with Gasteiger partial charge in [-0.1, -0.05) is 25.0 Å². The molecule has 1 saturated carbocycles. The van der Waals surface area contributed by atoms with Crippen molar-refractivity contribution in [3.63, 3.8) is 0 Å². The van der Waals surface area contributed by atoms with Crippen LogP contribution in [0.25, 0.3) is 0 Å². The third kappa shape index (κ3) is 4.93. The molecule has 0 saturated heterocycles. The molecule has 0 spiro atoms. The van der Waals surface area contributed by atoms with E-state index in [1.807, 2.05) is 0 Å². The lowest BCUT2D eigenvalue weighted by molar-refractivity contribution is -0.121. The molecule has 2 aromatic carbocycles. The first-order valence-corrected chi connectivity index (χ1v) is 11.8. The first-order chi connectivity index (χ1) is 14.9. The van der Waals surface area contributed by atoms with E-state index in [0.29, 0.717) is 16.8 Å². The quantitative estimate of drug-likeness (QED) is 0.638. The SMILES string of the molecule is O=C(CCNC(=O)c1ccc(NC2=NS(=O)(=O)c3ccccc32)cc1)NC1CCCC1. The summed E-state index contributed by atoms with van der Waals surface area (Å²) in [5, 5.41) is 8.74. The largest absolute Gasteiger partial charge is 0.353 e. The fourth-order valence-corrected chi connectivity index (χ4v) is 4.98. The minimum absolute atomic E-state index is 0.0423. The van der Waals surface area contributed by atoms with Crippen LogP contribution in [0.3, 0.4) is 0 Å². The standard InChI is InChI=1S/C22H24N4O4S/c27-20(24-16-5-1-2-6-16)13-14-23-22(28)15-9-11-17(12-10-15)25-21-18-7-3-4-8-19(18)31(29,30)26-21/h3-4,7-12,16H,1-2,5-6,13-14H2,(H,23,28)(H,24,27)(H,25,26). The molecule has 1 aliphatic carbocycles. The first kappa shape index (κ1) is 21.0. The Labute approximate surface area is 181 Å². The number of amidine groups is 1. The number of hydrogen-bond acceptors (Lipinski definition) is 5. The number of anilines is 1. The zero-order chi connectivity index (χ0) is 21.8. The Morgan fingerprint density at radius 2 is 1.71 bits per heavy atom. The summed E-state index contributed by atoms with van der Waals surface area (Å²) in [7, 11) is -3.69. The van der Waals surface area contributed by atoms with Crippen molar-refractivity contribution < 1.29 is 18.0 Å². The average Bonchev–Trinajstić information content (AvgIpc) is 3.35.